The Morgan fingerprint density at radius 2 is 1.81 bits per heavy atom. The van der Waals surface area contributed by atoms with E-state index in [9.17, 15) is 9.59 Å². The van der Waals surface area contributed by atoms with Gasteiger partial charge in [-0.05, 0) is 50.1 Å². The molecule has 1 N–H and O–H groups in total. The summed E-state index contributed by atoms with van der Waals surface area (Å²) >= 11 is 6.03. The third-order valence-corrected chi connectivity index (χ3v) is 5.99. The Morgan fingerprint density at radius 1 is 1.06 bits per heavy atom. The van der Waals surface area contributed by atoms with E-state index >= 15 is 0 Å². The standard InChI is InChI=1S/C24H27ClN4O2/c1-17(26-24(31)18-9-8-10-19(25)15-18)23-27-20-11-4-5-12-21(20)29(23)16-22(30)28-13-6-2-3-7-14-28/h4-5,8-12,15,17H,2-3,6-7,13-14,16H2,1H3,(H,26,31). The second kappa shape index (κ2) is 9.52. The number of halogens is 1. The lowest BCUT2D eigenvalue weighted by molar-refractivity contribution is -0.131. The van der Waals surface area contributed by atoms with E-state index in [1.165, 1.54) is 12.8 Å². The zero-order chi connectivity index (χ0) is 21.8. The molecule has 0 spiro atoms. The van der Waals surface area contributed by atoms with Gasteiger partial charge in [0.2, 0.25) is 5.91 Å². The minimum atomic E-state index is -0.379. The summed E-state index contributed by atoms with van der Waals surface area (Å²) < 4.78 is 1.94. The van der Waals surface area contributed by atoms with Crippen LogP contribution in [0.15, 0.2) is 48.5 Å². The molecule has 31 heavy (non-hydrogen) atoms. The lowest BCUT2D eigenvalue weighted by Crippen LogP contribution is -2.36. The summed E-state index contributed by atoms with van der Waals surface area (Å²) in [5.41, 5.74) is 2.19. The number of carbonyl (C=O) groups is 2. The molecule has 0 radical (unpaired) electrons. The van der Waals surface area contributed by atoms with Crippen LogP contribution in [0.2, 0.25) is 5.02 Å². The Hall–Kier alpha value is -2.86. The van der Waals surface area contributed by atoms with Gasteiger partial charge in [0.25, 0.3) is 5.91 Å². The number of carbonyl (C=O) groups excluding carboxylic acids is 2. The molecule has 2 amide bonds. The van der Waals surface area contributed by atoms with Crippen LogP contribution in [0.5, 0.6) is 0 Å². The minimum absolute atomic E-state index is 0.0969. The summed E-state index contributed by atoms with van der Waals surface area (Å²) in [4.78, 5) is 32.5. The number of hydrogen-bond donors (Lipinski definition) is 1. The molecule has 1 aliphatic heterocycles. The molecule has 6 nitrogen and oxygen atoms in total. The van der Waals surface area contributed by atoms with Gasteiger partial charge < -0.3 is 14.8 Å². The number of benzene rings is 2. The van der Waals surface area contributed by atoms with Gasteiger partial charge in [-0.2, -0.15) is 0 Å². The van der Waals surface area contributed by atoms with Crippen molar-refractivity contribution in [3.63, 3.8) is 0 Å². The molecular weight excluding hydrogens is 412 g/mol. The largest absolute Gasteiger partial charge is 0.342 e. The van der Waals surface area contributed by atoms with Crippen LogP contribution in [0.1, 0.15) is 54.8 Å². The first-order chi connectivity index (χ1) is 15.0. The van der Waals surface area contributed by atoms with Crippen molar-refractivity contribution in [1.82, 2.24) is 19.8 Å². The quantitative estimate of drug-likeness (QED) is 0.633. The molecule has 3 aromatic rings. The third-order valence-electron chi connectivity index (χ3n) is 5.76. The van der Waals surface area contributed by atoms with Crippen molar-refractivity contribution in [2.45, 2.75) is 45.2 Å². The highest BCUT2D eigenvalue weighted by atomic mass is 35.5. The van der Waals surface area contributed by atoms with Crippen molar-refractivity contribution in [3.05, 3.63) is 64.9 Å². The predicted octanol–water partition coefficient (Wildman–Crippen LogP) is 4.58. The topological polar surface area (TPSA) is 67.2 Å². The van der Waals surface area contributed by atoms with Crippen LogP contribution < -0.4 is 5.32 Å². The number of imidazole rings is 1. The molecule has 1 saturated heterocycles. The smallest absolute Gasteiger partial charge is 0.251 e. The van der Waals surface area contributed by atoms with E-state index in [0.717, 1.165) is 37.0 Å². The van der Waals surface area contributed by atoms with Crippen LogP contribution in [-0.2, 0) is 11.3 Å². The molecule has 0 saturated carbocycles. The molecule has 0 aliphatic carbocycles. The molecule has 1 fully saturated rings. The average Bonchev–Trinajstić information content (AvgIpc) is 2.93. The Labute approximate surface area is 187 Å². The molecule has 1 aliphatic rings. The van der Waals surface area contributed by atoms with E-state index in [1.54, 1.807) is 24.3 Å². The molecule has 1 aromatic heterocycles. The van der Waals surface area contributed by atoms with E-state index in [2.05, 4.69) is 5.32 Å². The van der Waals surface area contributed by atoms with E-state index in [-0.39, 0.29) is 24.4 Å². The van der Waals surface area contributed by atoms with Crippen LogP contribution in [0.3, 0.4) is 0 Å². The maximum Gasteiger partial charge on any atom is 0.251 e. The van der Waals surface area contributed by atoms with Crippen LogP contribution >= 0.6 is 11.6 Å². The van der Waals surface area contributed by atoms with Gasteiger partial charge in [-0.25, -0.2) is 4.98 Å². The molecule has 1 atom stereocenters. The molecule has 2 heterocycles. The molecule has 2 aromatic carbocycles. The number of likely N-dealkylation sites (tertiary alicyclic amines) is 1. The number of nitrogens with zero attached hydrogens (tertiary/aromatic N) is 3. The second-order valence-corrected chi connectivity index (χ2v) is 8.48. The maximum absolute atomic E-state index is 13.1. The first-order valence-electron chi connectivity index (χ1n) is 10.8. The summed E-state index contributed by atoms with van der Waals surface area (Å²) in [7, 11) is 0. The summed E-state index contributed by atoms with van der Waals surface area (Å²) in [5, 5.41) is 3.51. The van der Waals surface area contributed by atoms with Crippen molar-refractivity contribution in [1.29, 1.82) is 0 Å². The van der Waals surface area contributed by atoms with Crippen LogP contribution in [0, 0.1) is 0 Å². The molecule has 162 valence electrons. The normalized spacial score (nSPS) is 15.5. The SMILES string of the molecule is CC(NC(=O)c1cccc(Cl)c1)c1nc2ccccc2n1CC(=O)N1CCCCCC1. The number of aromatic nitrogens is 2. The van der Waals surface area contributed by atoms with Gasteiger partial charge in [0, 0.05) is 23.7 Å². The lowest BCUT2D eigenvalue weighted by atomic mass is 10.2. The van der Waals surface area contributed by atoms with Gasteiger partial charge in [-0.3, -0.25) is 9.59 Å². The monoisotopic (exact) mass is 438 g/mol. The second-order valence-electron chi connectivity index (χ2n) is 8.05. The van der Waals surface area contributed by atoms with Crippen molar-refractivity contribution in [3.8, 4) is 0 Å². The number of para-hydroxylation sites is 2. The van der Waals surface area contributed by atoms with Crippen molar-refractivity contribution in [2.75, 3.05) is 13.1 Å². The van der Waals surface area contributed by atoms with Crippen molar-refractivity contribution in [2.24, 2.45) is 0 Å². The van der Waals surface area contributed by atoms with E-state index in [1.807, 2.05) is 40.7 Å². The highest BCUT2D eigenvalue weighted by molar-refractivity contribution is 6.30. The van der Waals surface area contributed by atoms with E-state index < -0.39 is 0 Å². The zero-order valence-corrected chi connectivity index (χ0v) is 18.4. The van der Waals surface area contributed by atoms with Crippen molar-refractivity contribution >= 4 is 34.4 Å². The molecule has 0 bridgehead atoms. The Kier molecular flexibility index (Phi) is 6.56. The van der Waals surface area contributed by atoms with Gasteiger partial charge in [-0.15, -0.1) is 0 Å². The zero-order valence-electron chi connectivity index (χ0n) is 17.7. The van der Waals surface area contributed by atoms with Gasteiger partial charge >= 0.3 is 0 Å². The van der Waals surface area contributed by atoms with Gasteiger partial charge in [0.15, 0.2) is 0 Å². The highest BCUT2D eigenvalue weighted by Gasteiger charge is 2.23. The van der Waals surface area contributed by atoms with Gasteiger partial charge in [0.1, 0.15) is 12.4 Å². The van der Waals surface area contributed by atoms with Crippen LogP contribution in [0.4, 0.5) is 0 Å². The number of fused-ring (bicyclic) bond motifs is 1. The summed E-state index contributed by atoms with van der Waals surface area (Å²) in [6, 6.07) is 14.2. The minimum Gasteiger partial charge on any atom is -0.342 e. The first-order valence-corrected chi connectivity index (χ1v) is 11.2. The third kappa shape index (κ3) is 4.90. The fourth-order valence-corrected chi connectivity index (χ4v) is 4.31. The summed E-state index contributed by atoms with van der Waals surface area (Å²) in [6.45, 7) is 3.72. The number of rotatable bonds is 5. The van der Waals surface area contributed by atoms with Crippen LogP contribution in [-0.4, -0.2) is 39.4 Å². The number of nitrogens with one attached hydrogen (secondary N) is 1. The molecule has 4 rings (SSSR count). The predicted molar refractivity (Wildman–Crippen MR) is 122 cm³/mol. The van der Waals surface area contributed by atoms with Crippen molar-refractivity contribution < 1.29 is 9.59 Å². The highest BCUT2D eigenvalue weighted by Crippen LogP contribution is 2.22. The van der Waals surface area contributed by atoms with E-state index in [0.29, 0.717) is 16.4 Å². The first kappa shape index (κ1) is 21.4. The lowest BCUT2D eigenvalue weighted by Gasteiger charge is -2.22. The number of amides is 2. The van der Waals surface area contributed by atoms with E-state index in [4.69, 9.17) is 16.6 Å². The fourth-order valence-electron chi connectivity index (χ4n) is 4.12. The Bertz CT molecular complexity index is 1090. The van der Waals surface area contributed by atoms with Crippen LogP contribution in [0.25, 0.3) is 11.0 Å². The maximum atomic E-state index is 13.1. The molecular formula is C24H27ClN4O2. The van der Waals surface area contributed by atoms with Gasteiger partial charge in [0.05, 0.1) is 17.1 Å². The van der Waals surface area contributed by atoms with Gasteiger partial charge in [-0.1, -0.05) is 42.6 Å². The summed E-state index contributed by atoms with van der Waals surface area (Å²) in [5.74, 6) is 0.534. The molecule has 7 heteroatoms. The fraction of sp³-hybridized carbons (Fsp3) is 0.375. The Balaban J connectivity index is 1.59. The summed E-state index contributed by atoms with van der Waals surface area (Å²) in [6.07, 6.45) is 4.45. The molecule has 1 unspecified atom stereocenters. The number of hydrogen-bond acceptors (Lipinski definition) is 3. The average molecular weight is 439 g/mol. The Morgan fingerprint density at radius 3 is 2.55 bits per heavy atom.